The number of aryl methyl sites for hydroxylation is 1. The summed E-state index contributed by atoms with van der Waals surface area (Å²) in [7, 11) is 0.278. The predicted octanol–water partition coefficient (Wildman–Crippen LogP) is 2.25. The van der Waals surface area contributed by atoms with Gasteiger partial charge < -0.3 is 0 Å². The van der Waals surface area contributed by atoms with Gasteiger partial charge in [-0.15, -0.1) is 0 Å². The standard InChI is InChI=1S/C10H16Si/c1-2-11-9-8-10-6-4-3-5-7-10/h3-7H,2,8-9,11H2,1H3. The van der Waals surface area contributed by atoms with E-state index < -0.39 is 0 Å². The molecular formula is C10H16Si. The van der Waals surface area contributed by atoms with Crippen LogP contribution in [-0.4, -0.2) is 9.52 Å². The molecule has 1 aromatic carbocycles. The second-order valence-electron chi connectivity index (χ2n) is 2.94. The Morgan fingerprint density at radius 3 is 2.55 bits per heavy atom. The molecule has 1 heteroatoms. The first kappa shape index (κ1) is 8.53. The van der Waals surface area contributed by atoms with Crippen molar-refractivity contribution in [2.75, 3.05) is 0 Å². The van der Waals surface area contributed by atoms with Gasteiger partial charge in [-0.05, 0) is 12.0 Å². The minimum atomic E-state index is 0.278. The summed E-state index contributed by atoms with van der Waals surface area (Å²) < 4.78 is 0. The van der Waals surface area contributed by atoms with Crippen molar-refractivity contribution in [1.29, 1.82) is 0 Å². The molecule has 0 spiro atoms. The van der Waals surface area contributed by atoms with Crippen molar-refractivity contribution >= 4 is 9.52 Å². The van der Waals surface area contributed by atoms with Crippen LogP contribution in [0.4, 0.5) is 0 Å². The third-order valence-electron chi connectivity index (χ3n) is 1.91. The molecule has 0 aliphatic heterocycles. The van der Waals surface area contributed by atoms with E-state index in [-0.39, 0.29) is 9.52 Å². The Balaban J connectivity index is 2.28. The summed E-state index contributed by atoms with van der Waals surface area (Å²) in [5.41, 5.74) is 1.51. The van der Waals surface area contributed by atoms with Crippen LogP contribution in [0.5, 0.6) is 0 Å². The number of rotatable bonds is 4. The van der Waals surface area contributed by atoms with Gasteiger partial charge in [0.1, 0.15) is 0 Å². The lowest BCUT2D eigenvalue weighted by Crippen LogP contribution is -1.89. The molecule has 1 aromatic rings. The second-order valence-corrected chi connectivity index (χ2v) is 5.36. The quantitative estimate of drug-likeness (QED) is 0.473. The summed E-state index contributed by atoms with van der Waals surface area (Å²) in [6.07, 6.45) is 1.31. The Hall–Kier alpha value is -0.563. The molecular weight excluding hydrogens is 148 g/mol. The van der Waals surface area contributed by atoms with E-state index in [1.54, 1.807) is 0 Å². The molecule has 0 radical (unpaired) electrons. The van der Waals surface area contributed by atoms with Crippen molar-refractivity contribution in [3.05, 3.63) is 35.9 Å². The first-order valence-corrected chi connectivity index (χ1v) is 6.47. The fourth-order valence-electron chi connectivity index (χ4n) is 1.22. The van der Waals surface area contributed by atoms with Gasteiger partial charge in [0.15, 0.2) is 0 Å². The molecule has 0 aliphatic rings. The third-order valence-corrected chi connectivity index (χ3v) is 3.47. The minimum absolute atomic E-state index is 0.278. The van der Waals surface area contributed by atoms with E-state index in [1.165, 1.54) is 24.1 Å². The molecule has 60 valence electrons. The predicted molar refractivity (Wildman–Crippen MR) is 54.0 cm³/mol. The summed E-state index contributed by atoms with van der Waals surface area (Å²) in [5, 5.41) is 0. The fraction of sp³-hybridized carbons (Fsp3) is 0.400. The molecule has 0 saturated heterocycles. The lowest BCUT2D eigenvalue weighted by molar-refractivity contribution is 1.11. The summed E-state index contributed by atoms with van der Waals surface area (Å²) in [6, 6.07) is 13.7. The first-order valence-electron chi connectivity index (χ1n) is 4.47. The van der Waals surface area contributed by atoms with Gasteiger partial charge in [0.05, 0.1) is 0 Å². The molecule has 0 N–H and O–H groups in total. The van der Waals surface area contributed by atoms with Crippen molar-refractivity contribution in [2.45, 2.75) is 25.4 Å². The van der Waals surface area contributed by atoms with Crippen molar-refractivity contribution < 1.29 is 0 Å². The Morgan fingerprint density at radius 1 is 1.18 bits per heavy atom. The van der Waals surface area contributed by atoms with Crippen LogP contribution in [0, 0.1) is 0 Å². The number of hydrogen-bond donors (Lipinski definition) is 0. The summed E-state index contributed by atoms with van der Waals surface area (Å²) in [5.74, 6) is 0. The van der Waals surface area contributed by atoms with Gasteiger partial charge in [-0.3, -0.25) is 0 Å². The molecule has 0 aromatic heterocycles. The summed E-state index contributed by atoms with van der Waals surface area (Å²) >= 11 is 0. The van der Waals surface area contributed by atoms with Crippen LogP contribution in [0.25, 0.3) is 0 Å². The van der Waals surface area contributed by atoms with E-state index in [9.17, 15) is 0 Å². The normalized spacial score (nSPS) is 11.0. The van der Waals surface area contributed by atoms with Crippen LogP contribution in [0.2, 0.25) is 12.1 Å². The van der Waals surface area contributed by atoms with Gasteiger partial charge in [0, 0.05) is 9.52 Å². The highest BCUT2D eigenvalue weighted by atomic mass is 28.2. The summed E-state index contributed by atoms with van der Waals surface area (Å²) in [6.45, 7) is 2.30. The highest BCUT2D eigenvalue weighted by Gasteiger charge is 1.89. The molecule has 1 rings (SSSR count). The zero-order valence-corrected chi connectivity index (χ0v) is 8.63. The van der Waals surface area contributed by atoms with Gasteiger partial charge >= 0.3 is 0 Å². The maximum absolute atomic E-state index is 2.30. The van der Waals surface area contributed by atoms with E-state index in [1.807, 2.05) is 0 Å². The fourth-order valence-corrected chi connectivity index (χ4v) is 2.38. The molecule has 0 unspecified atom stereocenters. The van der Waals surface area contributed by atoms with Crippen LogP contribution >= 0.6 is 0 Å². The van der Waals surface area contributed by atoms with Crippen molar-refractivity contribution in [3.8, 4) is 0 Å². The average Bonchev–Trinajstić information content (AvgIpc) is 2.07. The molecule has 0 fully saturated rings. The second kappa shape index (κ2) is 5.14. The lowest BCUT2D eigenvalue weighted by Gasteiger charge is -1.97. The molecule has 0 amide bonds. The van der Waals surface area contributed by atoms with E-state index >= 15 is 0 Å². The van der Waals surface area contributed by atoms with E-state index in [2.05, 4.69) is 37.3 Å². The van der Waals surface area contributed by atoms with Crippen molar-refractivity contribution in [3.63, 3.8) is 0 Å². The molecule has 0 bridgehead atoms. The number of hydrogen-bond acceptors (Lipinski definition) is 0. The van der Waals surface area contributed by atoms with Gasteiger partial charge in [-0.2, -0.15) is 0 Å². The highest BCUT2D eigenvalue weighted by Crippen LogP contribution is 2.02. The van der Waals surface area contributed by atoms with Gasteiger partial charge in [-0.1, -0.05) is 49.3 Å². The Kier molecular flexibility index (Phi) is 3.98. The maximum Gasteiger partial charge on any atom is 0.0198 e. The molecule has 11 heavy (non-hydrogen) atoms. The SMILES string of the molecule is CC[SiH2]CCc1ccccc1. The molecule has 0 saturated carbocycles. The van der Waals surface area contributed by atoms with E-state index in [0.29, 0.717) is 0 Å². The Bertz CT molecular complexity index is 181. The first-order chi connectivity index (χ1) is 5.43. The minimum Gasteiger partial charge on any atom is -0.0683 e. The van der Waals surface area contributed by atoms with Gasteiger partial charge in [0.25, 0.3) is 0 Å². The van der Waals surface area contributed by atoms with Crippen LogP contribution < -0.4 is 0 Å². The van der Waals surface area contributed by atoms with E-state index in [0.717, 1.165) is 0 Å². The van der Waals surface area contributed by atoms with Crippen molar-refractivity contribution in [2.24, 2.45) is 0 Å². The van der Waals surface area contributed by atoms with Gasteiger partial charge in [-0.25, -0.2) is 0 Å². The topological polar surface area (TPSA) is 0 Å². The van der Waals surface area contributed by atoms with Crippen LogP contribution in [0.3, 0.4) is 0 Å². The average molecular weight is 164 g/mol. The van der Waals surface area contributed by atoms with Crippen LogP contribution in [-0.2, 0) is 6.42 Å². The Morgan fingerprint density at radius 2 is 1.91 bits per heavy atom. The number of benzene rings is 1. The molecule has 0 nitrogen and oxygen atoms in total. The monoisotopic (exact) mass is 164 g/mol. The van der Waals surface area contributed by atoms with Crippen molar-refractivity contribution in [1.82, 2.24) is 0 Å². The molecule has 0 aliphatic carbocycles. The largest absolute Gasteiger partial charge is 0.0683 e. The highest BCUT2D eigenvalue weighted by molar-refractivity contribution is 6.35. The van der Waals surface area contributed by atoms with Gasteiger partial charge in [0.2, 0.25) is 0 Å². The maximum atomic E-state index is 2.30. The zero-order chi connectivity index (χ0) is 7.94. The molecule has 0 heterocycles. The van der Waals surface area contributed by atoms with Crippen LogP contribution in [0.1, 0.15) is 12.5 Å². The van der Waals surface area contributed by atoms with E-state index in [4.69, 9.17) is 0 Å². The third kappa shape index (κ3) is 3.37. The smallest absolute Gasteiger partial charge is 0.0198 e. The zero-order valence-electron chi connectivity index (χ0n) is 7.22. The lowest BCUT2D eigenvalue weighted by atomic mass is 10.2. The van der Waals surface area contributed by atoms with Crippen LogP contribution in [0.15, 0.2) is 30.3 Å². The Labute approximate surface area is 71.5 Å². The summed E-state index contributed by atoms with van der Waals surface area (Å²) in [4.78, 5) is 0. The molecule has 0 atom stereocenters.